The molecule has 1 rings (SSSR count). The third kappa shape index (κ3) is 2.36. The standard InChI is InChI=1S/C8H12ClN3/c1-6-2-3-7(9)12-8(6)11-5-4-10/h2-3H,4-5,10H2,1H3,(H,11,12). The Morgan fingerprint density at radius 1 is 1.58 bits per heavy atom. The molecule has 3 N–H and O–H groups in total. The van der Waals surface area contributed by atoms with Crippen LogP contribution in [0.3, 0.4) is 0 Å². The summed E-state index contributed by atoms with van der Waals surface area (Å²) in [4.78, 5) is 4.11. The number of aryl methyl sites for hydroxylation is 1. The largest absolute Gasteiger partial charge is 0.369 e. The van der Waals surface area contributed by atoms with Gasteiger partial charge in [-0.25, -0.2) is 4.98 Å². The fraction of sp³-hybridized carbons (Fsp3) is 0.375. The second-order valence-electron chi connectivity index (χ2n) is 2.51. The van der Waals surface area contributed by atoms with E-state index in [1.165, 1.54) is 0 Å². The Hall–Kier alpha value is -0.800. The molecule has 4 heteroatoms. The van der Waals surface area contributed by atoms with Gasteiger partial charge in [-0.3, -0.25) is 0 Å². The van der Waals surface area contributed by atoms with E-state index in [0.717, 1.165) is 11.4 Å². The molecule has 0 fully saturated rings. The van der Waals surface area contributed by atoms with Crippen molar-refractivity contribution in [3.8, 4) is 0 Å². The van der Waals surface area contributed by atoms with E-state index in [1.54, 1.807) is 6.07 Å². The van der Waals surface area contributed by atoms with Crippen LogP contribution < -0.4 is 11.1 Å². The van der Waals surface area contributed by atoms with Crippen LogP contribution in [0.2, 0.25) is 5.15 Å². The lowest BCUT2D eigenvalue weighted by Crippen LogP contribution is -2.14. The number of nitrogens with two attached hydrogens (primary N) is 1. The summed E-state index contributed by atoms with van der Waals surface area (Å²) >= 11 is 5.71. The Morgan fingerprint density at radius 2 is 2.33 bits per heavy atom. The van der Waals surface area contributed by atoms with Gasteiger partial charge in [0.25, 0.3) is 0 Å². The van der Waals surface area contributed by atoms with E-state index >= 15 is 0 Å². The third-order valence-corrected chi connectivity index (χ3v) is 1.71. The predicted octanol–water partition coefficient (Wildman–Crippen LogP) is 1.41. The Labute approximate surface area is 76.9 Å². The lowest BCUT2D eigenvalue weighted by Gasteiger charge is -2.06. The minimum Gasteiger partial charge on any atom is -0.369 e. The van der Waals surface area contributed by atoms with E-state index in [9.17, 15) is 0 Å². The number of pyridine rings is 1. The highest BCUT2D eigenvalue weighted by atomic mass is 35.5. The molecule has 3 nitrogen and oxygen atoms in total. The van der Waals surface area contributed by atoms with Gasteiger partial charge >= 0.3 is 0 Å². The number of rotatable bonds is 3. The van der Waals surface area contributed by atoms with Crippen LogP contribution in [0.15, 0.2) is 12.1 Å². The molecular formula is C8H12ClN3. The molecule has 0 radical (unpaired) electrons. The van der Waals surface area contributed by atoms with Crippen molar-refractivity contribution < 1.29 is 0 Å². The van der Waals surface area contributed by atoms with E-state index in [-0.39, 0.29) is 0 Å². The molecule has 0 bridgehead atoms. The minimum atomic E-state index is 0.500. The van der Waals surface area contributed by atoms with Crippen molar-refractivity contribution in [2.75, 3.05) is 18.4 Å². The lowest BCUT2D eigenvalue weighted by molar-refractivity contribution is 1.01. The molecule has 0 atom stereocenters. The highest BCUT2D eigenvalue weighted by Gasteiger charge is 1.98. The van der Waals surface area contributed by atoms with E-state index in [4.69, 9.17) is 17.3 Å². The van der Waals surface area contributed by atoms with Crippen molar-refractivity contribution in [2.24, 2.45) is 5.73 Å². The number of hydrogen-bond acceptors (Lipinski definition) is 3. The summed E-state index contributed by atoms with van der Waals surface area (Å²) in [6.45, 7) is 3.28. The Bertz CT molecular complexity index is 262. The van der Waals surface area contributed by atoms with Gasteiger partial charge in [-0.15, -0.1) is 0 Å². The van der Waals surface area contributed by atoms with E-state index < -0.39 is 0 Å². The van der Waals surface area contributed by atoms with Crippen molar-refractivity contribution in [1.82, 2.24) is 4.98 Å². The fourth-order valence-corrected chi connectivity index (χ4v) is 1.02. The lowest BCUT2D eigenvalue weighted by atomic mass is 10.3. The maximum absolute atomic E-state index is 5.71. The van der Waals surface area contributed by atoms with Gasteiger partial charge < -0.3 is 11.1 Å². The van der Waals surface area contributed by atoms with Crippen LogP contribution in [-0.2, 0) is 0 Å². The Balaban J connectivity index is 2.75. The molecule has 66 valence electrons. The summed E-state index contributed by atoms with van der Waals surface area (Å²) in [5, 5.41) is 3.58. The van der Waals surface area contributed by atoms with Gasteiger partial charge in [-0.1, -0.05) is 17.7 Å². The summed E-state index contributed by atoms with van der Waals surface area (Å²) < 4.78 is 0. The molecule has 0 aliphatic rings. The molecule has 1 aromatic heterocycles. The van der Waals surface area contributed by atoms with Crippen molar-refractivity contribution in [3.63, 3.8) is 0 Å². The maximum Gasteiger partial charge on any atom is 0.131 e. The maximum atomic E-state index is 5.71. The van der Waals surface area contributed by atoms with Crippen molar-refractivity contribution >= 4 is 17.4 Å². The normalized spacial score (nSPS) is 9.92. The molecule has 0 saturated carbocycles. The van der Waals surface area contributed by atoms with Gasteiger partial charge in [0.1, 0.15) is 11.0 Å². The van der Waals surface area contributed by atoms with E-state index in [2.05, 4.69) is 10.3 Å². The van der Waals surface area contributed by atoms with Crippen molar-refractivity contribution in [2.45, 2.75) is 6.92 Å². The zero-order valence-corrected chi connectivity index (χ0v) is 7.73. The molecule has 0 aliphatic carbocycles. The Kier molecular flexibility index (Phi) is 3.31. The summed E-state index contributed by atoms with van der Waals surface area (Å²) in [6.07, 6.45) is 0. The zero-order valence-electron chi connectivity index (χ0n) is 6.97. The zero-order chi connectivity index (χ0) is 8.97. The highest BCUT2D eigenvalue weighted by molar-refractivity contribution is 6.29. The molecule has 0 spiro atoms. The van der Waals surface area contributed by atoms with Crippen LogP contribution in [0.1, 0.15) is 5.56 Å². The van der Waals surface area contributed by atoms with Crippen LogP contribution in [-0.4, -0.2) is 18.1 Å². The van der Waals surface area contributed by atoms with Gasteiger partial charge in [0.15, 0.2) is 0 Å². The van der Waals surface area contributed by atoms with Gasteiger partial charge in [0.05, 0.1) is 0 Å². The third-order valence-electron chi connectivity index (χ3n) is 1.50. The second kappa shape index (κ2) is 4.28. The van der Waals surface area contributed by atoms with Gasteiger partial charge in [-0.2, -0.15) is 0 Å². The molecule has 12 heavy (non-hydrogen) atoms. The highest BCUT2D eigenvalue weighted by Crippen LogP contribution is 2.14. The summed E-state index contributed by atoms with van der Waals surface area (Å²) in [7, 11) is 0. The quantitative estimate of drug-likeness (QED) is 0.701. The molecule has 1 aromatic rings. The molecule has 0 aliphatic heterocycles. The first-order valence-electron chi connectivity index (χ1n) is 3.81. The topological polar surface area (TPSA) is 50.9 Å². The van der Waals surface area contributed by atoms with Gasteiger partial charge in [0.2, 0.25) is 0 Å². The van der Waals surface area contributed by atoms with Crippen LogP contribution in [0.25, 0.3) is 0 Å². The smallest absolute Gasteiger partial charge is 0.131 e. The predicted molar refractivity (Wildman–Crippen MR) is 51.5 cm³/mol. The van der Waals surface area contributed by atoms with Gasteiger partial charge in [-0.05, 0) is 18.6 Å². The number of hydrogen-bond donors (Lipinski definition) is 2. The fourth-order valence-electron chi connectivity index (χ4n) is 0.874. The summed E-state index contributed by atoms with van der Waals surface area (Å²) in [6, 6.07) is 3.69. The summed E-state index contributed by atoms with van der Waals surface area (Å²) in [5.41, 5.74) is 6.42. The monoisotopic (exact) mass is 185 g/mol. The molecule has 1 heterocycles. The van der Waals surface area contributed by atoms with Crippen molar-refractivity contribution in [3.05, 3.63) is 22.8 Å². The number of aromatic nitrogens is 1. The average molecular weight is 186 g/mol. The summed E-state index contributed by atoms with van der Waals surface area (Å²) in [5.74, 6) is 0.813. The van der Waals surface area contributed by atoms with Crippen LogP contribution >= 0.6 is 11.6 Å². The number of halogens is 1. The average Bonchev–Trinajstić information content (AvgIpc) is 2.07. The Morgan fingerprint density at radius 3 is 3.00 bits per heavy atom. The number of anilines is 1. The van der Waals surface area contributed by atoms with Crippen LogP contribution in [0.4, 0.5) is 5.82 Å². The molecule has 0 aromatic carbocycles. The van der Waals surface area contributed by atoms with E-state index in [1.807, 2.05) is 13.0 Å². The first-order chi connectivity index (χ1) is 5.74. The van der Waals surface area contributed by atoms with Crippen LogP contribution in [0, 0.1) is 6.92 Å². The first kappa shape index (κ1) is 9.29. The first-order valence-corrected chi connectivity index (χ1v) is 4.19. The molecule has 0 saturated heterocycles. The molecule has 0 amide bonds. The van der Waals surface area contributed by atoms with Crippen LogP contribution in [0.5, 0.6) is 0 Å². The minimum absolute atomic E-state index is 0.500. The number of nitrogens with zero attached hydrogens (tertiary/aromatic N) is 1. The number of nitrogens with one attached hydrogen (secondary N) is 1. The molecular weight excluding hydrogens is 174 g/mol. The van der Waals surface area contributed by atoms with Gasteiger partial charge in [0, 0.05) is 13.1 Å². The SMILES string of the molecule is Cc1ccc(Cl)nc1NCCN. The van der Waals surface area contributed by atoms with E-state index in [0.29, 0.717) is 18.2 Å². The second-order valence-corrected chi connectivity index (χ2v) is 2.90. The van der Waals surface area contributed by atoms with Crippen molar-refractivity contribution in [1.29, 1.82) is 0 Å². The molecule has 0 unspecified atom stereocenters.